The molecule has 16 heavy (non-hydrogen) atoms. The fourth-order valence-electron chi connectivity index (χ4n) is 2.33. The van der Waals surface area contributed by atoms with Gasteiger partial charge < -0.3 is 0 Å². The van der Waals surface area contributed by atoms with E-state index >= 15 is 0 Å². The van der Waals surface area contributed by atoms with Crippen LogP contribution in [0.5, 0.6) is 0 Å². The minimum Gasteiger partial charge on any atom is -0.0888 e. The highest BCUT2D eigenvalue weighted by atomic mass is 32.2. The van der Waals surface area contributed by atoms with Gasteiger partial charge in [0.25, 0.3) is 0 Å². The van der Waals surface area contributed by atoms with E-state index in [1.807, 2.05) is 17.8 Å². The van der Waals surface area contributed by atoms with Gasteiger partial charge in [-0.3, -0.25) is 0 Å². The van der Waals surface area contributed by atoms with Crippen LogP contribution in [0.2, 0.25) is 0 Å². The molecule has 0 amide bonds. The number of hydrogen-bond donors (Lipinski definition) is 0. The molecule has 0 aliphatic carbocycles. The van der Waals surface area contributed by atoms with Crippen molar-refractivity contribution in [2.75, 3.05) is 0 Å². The van der Waals surface area contributed by atoms with Crippen molar-refractivity contribution in [1.29, 1.82) is 0 Å². The molecule has 0 atom stereocenters. The molecule has 1 aliphatic rings. The smallest absolute Gasteiger partial charge is 0.0242 e. The maximum atomic E-state index is 3.35. The van der Waals surface area contributed by atoms with Crippen molar-refractivity contribution in [3.8, 4) is 0 Å². The topological polar surface area (TPSA) is 0 Å². The Morgan fingerprint density at radius 3 is 2.62 bits per heavy atom. The van der Waals surface area contributed by atoms with Crippen LogP contribution in [0.1, 0.15) is 25.0 Å². The summed E-state index contributed by atoms with van der Waals surface area (Å²) in [5.41, 5.74) is 2.90. The lowest BCUT2D eigenvalue weighted by atomic mass is 9.78. The second kappa shape index (κ2) is 3.39. The quantitative estimate of drug-likeness (QED) is 0.645. The van der Waals surface area contributed by atoms with Gasteiger partial charge in [-0.2, -0.15) is 0 Å². The molecule has 1 heterocycles. The van der Waals surface area contributed by atoms with Crippen LogP contribution in [0, 0.1) is 6.07 Å². The largest absolute Gasteiger partial charge is 0.0888 e. The van der Waals surface area contributed by atoms with Gasteiger partial charge >= 0.3 is 0 Å². The SMILES string of the molecule is CC1(C)c2ccc[c]c2Sc2ccccc21. The van der Waals surface area contributed by atoms with E-state index < -0.39 is 0 Å². The Morgan fingerprint density at radius 2 is 1.75 bits per heavy atom. The average molecular weight is 225 g/mol. The summed E-state index contributed by atoms with van der Waals surface area (Å²) in [4.78, 5) is 2.63. The maximum Gasteiger partial charge on any atom is 0.0242 e. The van der Waals surface area contributed by atoms with E-state index in [1.165, 1.54) is 20.9 Å². The summed E-state index contributed by atoms with van der Waals surface area (Å²) < 4.78 is 0. The van der Waals surface area contributed by atoms with Gasteiger partial charge in [0.15, 0.2) is 0 Å². The van der Waals surface area contributed by atoms with Crippen molar-refractivity contribution in [3.05, 3.63) is 59.7 Å². The monoisotopic (exact) mass is 225 g/mol. The van der Waals surface area contributed by atoms with Gasteiger partial charge in [-0.25, -0.2) is 0 Å². The van der Waals surface area contributed by atoms with Crippen molar-refractivity contribution in [2.24, 2.45) is 0 Å². The molecule has 0 bridgehead atoms. The van der Waals surface area contributed by atoms with Crippen LogP contribution in [0.3, 0.4) is 0 Å². The van der Waals surface area contributed by atoms with Crippen LogP contribution >= 0.6 is 11.8 Å². The molecule has 2 aromatic carbocycles. The molecule has 0 N–H and O–H groups in total. The fraction of sp³-hybridized carbons (Fsp3) is 0.200. The Labute approximate surface area is 101 Å². The molecule has 0 spiro atoms. The molecule has 3 rings (SSSR count). The number of fused-ring (bicyclic) bond motifs is 2. The number of hydrogen-bond acceptors (Lipinski definition) is 1. The highest BCUT2D eigenvalue weighted by Gasteiger charge is 2.32. The Morgan fingerprint density at radius 1 is 1.00 bits per heavy atom. The van der Waals surface area contributed by atoms with Gasteiger partial charge in [-0.15, -0.1) is 0 Å². The predicted molar refractivity (Wildman–Crippen MR) is 68.0 cm³/mol. The predicted octanol–water partition coefficient (Wildman–Crippen LogP) is 4.28. The summed E-state index contributed by atoms with van der Waals surface area (Å²) in [7, 11) is 0. The zero-order valence-electron chi connectivity index (χ0n) is 9.45. The van der Waals surface area contributed by atoms with E-state index in [2.05, 4.69) is 56.3 Å². The van der Waals surface area contributed by atoms with Gasteiger partial charge in [-0.1, -0.05) is 62.0 Å². The molecule has 0 fully saturated rings. The van der Waals surface area contributed by atoms with Crippen LogP contribution in [0.4, 0.5) is 0 Å². The minimum absolute atomic E-state index is 0.0922. The molecule has 0 aromatic heterocycles. The zero-order chi connectivity index (χ0) is 11.2. The lowest BCUT2D eigenvalue weighted by Gasteiger charge is -2.34. The second-order valence-electron chi connectivity index (χ2n) is 4.64. The normalized spacial score (nSPS) is 16.4. The summed E-state index contributed by atoms with van der Waals surface area (Å²) in [6, 6.07) is 18.3. The highest BCUT2D eigenvalue weighted by molar-refractivity contribution is 7.99. The lowest BCUT2D eigenvalue weighted by molar-refractivity contribution is 0.607. The highest BCUT2D eigenvalue weighted by Crippen LogP contribution is 2.48. The molecule has 0 unspecified atom stereocenters. The lowest BCUT2D eigenvalue weighted by Crippen LogP contribution is -2.23. The van der Waals surface area contributed by atoms with Crippen molar-refractivity contribution < 1.29 is 0 Å². The molecule has 2 aromatic rings. The molecule has 1 radical (unpaired) electrons. The third-order valence-corrected chi connectivity index (χ3v) is 4.38. The molecular weight excluding hydrogens is 212 g/mol. The molecule has 0 nitrogen and oxygen atoms in total. The van der Waals surface area contributed by atoms with E-state index in [-0.39, 0.29) is 5.41 Å². The first-order chi connectivity index (χ1) is 7.69. The van der Waals surface area contributed by atoms with E-state index in [4.69, 9.17) is 0 Å². The molecular formula is C15H13S. The van der Waals surface area contributed by atoms with Gasteiger partial charge in [-0.05, 0) is 23.3 Å². The third kappa shape index (κ3) is 1.31. The van der Waals surface area contributed by atoms with Crippen molar-refractivity contribution >= 4 is 11.8 Å². The van der Waals surface area contributed by atoms with E-state index in [0.29, 0.717) is 0 Å². The first kappa shape index (κ1) is 9.98. The minimum atomic E-state index is 0.0922. The van der Waals surface area contributed by atoms with E-state index in [9.17, 15) is 0 Å². The first-order valence-electron chi connectivity index (χ1n) is 5.48. The van der Waals surface area contributed by atoms with Crippen LogP contribution in [-0.4, -0.2) is 0 Å². The van der Waals surface area contributed by atoms with Crippen LogP contribution < -0.4 is 0 Å². The third-order valence-electron chi connectivity index (χ3n) is 3.26. The van der Waals surface area contributed by atoms with Gasteiger partial charge in [0.2, 0.25) is 0 Å². The van der Waals surface area contributed by atoms with E-state index in [1.54, 1.807) is 0 Å². The molecule has 79 valence electrons. The second-order valence-corrected chi connectivity index (χ2v) is 5.69. The number of rotatable bonds is 0. The van der Waals surface area contributed by atoms with Gasteiger partial charge in [0, 0.05) is 15.2 Å². The Bertz CT molecular complexity index is 493. The van der Waals surface area contributed by atoms with Gasteiger partial charge in [0.05, 0.1) is 0 Å². The standard InChI is InChI=1S/C15H13S/c1-15(2)11-7-3-5-9-13(11)16-14-10-6-4-8-12(14)15/h3-9H,1-2H3. The Kier molecular flexibility index (Phi) is 2.11. The Balaban J connectivity index is 2.28. The van der Waals surface area contributed by atoms with Crippen LogP contribution in [-0.2, 0) is 5.41 Å². The van der Waals surface area contributed by atoms with Crippen LogP contribution in [0.25, 0.3) is 0 Å². The van der Waals surface area contributed by atoms with Gasteiger partial charge in [0.1, 0.15) is 0 Å². The summed E-state index contributed by atoms with van der Waals surface area (Å²) in [5.74, 6) is 0. The first-order valence-corrected chi connectivity index (χ1v) is 6.30. The number of benzene rings is 2. The molecule has 0 saturated carbocycles. The summed E-state index contributed by atoms with van der Waals surface area (Å²) >= 11 is 1.83. The zero-order valence-corrected chi connectivity index (χ0v) is 10.3. The molecule has 0 saturated heterocycles. The average Bonchev–Trinajstić information content (AvgIpc) is 2.29. The van der Waals surface area contributed by atoms with Crippen molar-refractivity contribution in [3.63, 3.8) is 0 Å². The van der Waals surface area contributed by atoms with Crippen molar-refractivity contribution in [1.82, 2.24) is 0 Å². The summed E-state index contributed by atoms with van der Waals surface area (Å²) in [6.07, 6.45) is 0. The van der Waals surface area contributed by atoms with Crippen molar-refractivity contribution in [2.45, 2.75) is 29.1 Å². The molecule has 1 heteroatoms. The fourth-order valence-corrected chi connectivity index (χ4v) is 3.68. The Hall–Kier alpha value is -1.21. The van der Waals surface area contributed by atoms with E-state index in [0.717, 1.165) is 0 Å². The summed E-state index contributed by atoms with van der Waals surface area (Å²) in [5, 5.41) is 0. The maximum absolute atomic E-state index is 3.35. The summed E-state index contributed by atoms with van der Waals surface area (Å²) in [6.45, 7) is 4.58. The molecule has 1 aliphatic heterocycles. The van der Waals surface area contributed by atoms with Crippen LogP contribution in [0.15, 0.2) is 52.3 Å².